The Hall–Kier alpha value is -1.86. The van der Waals surface area contributed by atoms with E-state index in [0.717, 1.165) is 15.5 Å². The lowest BCUT2D eigenvalue weighted by atomic mass is 10.2. The van der Waals surface area contributed by atoms with Crippen molar-refractivity contribution >= 4 is 43.0 Å². The molecular formula is C11H10N2O3S2. The van der Waals surface area contributed by atoms with Crippen LogP contribution in [0.15, 0.2) is 36.3 Å². The highest BCUT2D eigenvalue weighted by atomic mass is 32.2. The Morgan fingerprint density at radius 1 is 1.39 bits per heavy atom. The van der Waals surface area contributed by atoms with Gasteiger partial charge in [-0.15, -0.1) is 11.3 Å². The Morgan fingerprint density at radius 2 is 2.11 bits per heavy atom. The Kier molecular flexibility index (Phi) is 3.10. The van der Waals surface area contributed by atoms with Crippen molar-refractivity contribution in [2.75, 3.05) is 4.72 Å². The van der Waals surface area contributed by atoms with E-state index in [9.17, 15) is 13.2 Å². The first-order valence-corrected chi connectivity index (χ1v) is 7.26. The summed E-state index contributed by atoms with van der Waals surface area (Å²) in [7, 11) is -3.53. The second-order valence-electron chi connectivity index (χ2n) is 3.54. The number of nitrogens with two attached hydrogens (primary N) is 1. The van der Waals surface area contributed by atoms with E-state index in [0.29, 0.717) is 10.6 Å². The van der Waals surface area contributed by atoms with Gasteiger partial charge in [-0.2, -0.15) is 0 Å². The topological polar surface area (TPSA) is 89.3 Å². The third kappa shape index (κ3) is 2.52. The van der Waals surface area contributed by atoms with Gasteiger partial charge < -0.3 is 5.73 Å². The smallest absolute Gasteiger partial charge is 0.258 e. The minimum absolute atomic E-state index is 0.413. The number of fused-ring (bicyclic) bond motifs is 1. The molecule has 0 aliphatic heterocycles. The summed E-state index contributed by atoms with van der Waals surface area (Å²) in [6.07, 6.45) is 0. The van der Waals surface area contributed by atoms with Gasteiger partial charge in [0.05, 0.1) is 4.88 Å². The highest BCUT2D eigenvalue weighted by Gasteiger charge is 2.09. The molecule has 2 rings (SSSR count). The summed E-state index contributed by atoms with van der Waals surface area (Å²) in [5.74, 6) is -0.496. The Bertz CT molecular complexity index is 732. The van der Waals surface area contributed by atoms with Gasteiger partial charge in [0, 0.05) is 15.8 Å². The van der Waals surface area contributed by atoms with Crippen molar-refractivity contribution in [3.05, 3.63) is 41.1 Å². The van der Waals surface area contributed by atoms with Gasteiger partial charge >= 0.3 is 0 Å². The first-order valence-electron chi connectivity index (χ1n) is 4.90. The molecule has 0 bridgehead atoms. The molecule has 2 aromatic rings. The second-order valence-corrected chi connectivity index (χ2v) is 6.25. The first kappa shape index (κ1) is 12.6. The number of anilines is 1. The number of thiophene rings is 1. The molecule has 1 aromatic heterocycles. The third-order valence-electron chi connectivity index (χ3n) is 2.24. The van der Waals surface area contributed by atoms with Crippen molar-refractivity contribution in [2.24, 2.45) is 5.73 Å². The fraction of sp³-hybridized carbons (Fsp3) is 0. The van der Waals surface area contributed by atoms with Crippen molar-refractivity contribution < 1.29 is 13.2 Å². The minimum atomic E-state index is -3.53. The van der Waals surface area contributed by atoms with Gasteiger partial charge in [0.1, 0.15) is 0 Å². The number of nitrogens with one attached hydrogen (secondary N) is 1. The number of rotatable bonds is 4. The summed E-state index contributed by atoms with van der Waals surface area (Å²) in [6.45, 7) is 3.21. The Morgan fingerprint density at radius 3 is 2.72 bits per heavy atom. The van der Waals surface area contributed by atoms with Crippen LogP contribution in [0.5, 0.6) is 0 Å². The van der Waals surface area contributed by atoms with E-state index in [1.807, 2.05) is 0 Å². The predicted octanol–water partition coefficient (Wildman–Crippen LogP) is 1.89. The molecule has 7 heteroatoms. The molecule has 1 amide bonds. The molecule has 0 radical (unpaired) electrons. The van der Waals surface area contributed by atoms with E-state index < -0.39 is 15.9 Å². The lowest BCUT2D eigenvalue weighted by molar-refractivity contribution is 0.100. The maximum atomic E-state index is 11.3. The molecular weight excluding hydrogens is 272 g/mol. The molecule has 94 valence electrons. The highest BCUT2D eigenvalue weighted by molar-refractivity contribution is 7.95. The molecule has 1 heterocycles. The van der Waals surface area contributed by atoms with E-state index in [-0.39, 0.29) is 0 Å². The summed E-state index contributed by atoms with van der Waals surface area (Å²) in [6, 6.07) is 6.62. The second kappa shape index (κ2) is 4.43. The quantitative estimate of drug-likeness (QED) is 0.897. The highest BCUT2D eigenvalue weighted by Crippen LogP contribution is 2.28. The van der Waals surface area contributed by atoms with Crippen molar-refractivity contribution in [1.82, 2.24) is 0 Å². The third-order valence-corrected chi connectivity index (χ3v) is 4.33. The number of carbonyl (C=O) groups excluding carboxylic acids is 1. The van der Waals surface area contributed by atoms with Crippen LogP contribution in [0.3, 0.4) is 0 Å². The molecule has 1 aromatic carbocycles. The number of sulfonamides is 1. The number of hydrogen-bond acceptors (Lipinski definition) is 4. The standard InChI is InChI=1S/C11H10N2O3S2/c1-2-18(15,16)13-8-3-4-9-7(5-8)6-10(17-9)11(12)14/h2-6,13H,1H2,(H2,12,14). The molecule has 0 aliphatic rings. The van der Waals surface area contributed by atoms with Gasteiger partial charge in [0.25, 0.3) is 15.9 Å². The van der Waals surface area contributed by atoms with Crippen molar-refractivity contribution in [1.29, 1.82) is 0 Å². The van der Waals surface area contributed by atoms with Gasteiger partial charge in [0.2, 0.25) is 0 Å². The van der Waals surface area contributed by atoms with E-state index in [4.69, 9.17) is 5.73 Å². The van der Waals surface area contributed by atoms with Crippen LogP contribution < -0.4 is 10.5 Å². The van der Waals surface area contributed by atoms with Crippen LogP contribution in [0.2, 0.25) is 0 Å². The number of amides is 1. The SMILES string of the molecule is C=CS(=O)(=O)Nc1ccc2sc(C(N)=O)cc2c1. The molecule has 0 atom stereocenters. The molecule has 0 unspecified atom stereocenters. The molecule has 5 nitrogen and oxygen atoms in total. The predicted molar refractivity (Wildman–Crippen MR) is 73.1 cm³/mol. The molecule has 0 aliphatic carbocycles. The zero-order valence-corrected chi connectivity index (χ0v) is 10.8. The van der Waals surface area contributed by atoms with Gasteiger partial charge in [-0.3, -0.25) is 9.52 Å². The fourth-order valence-electron chi connectivity index (χ4n) is 1.43. The zero-order valence-electron chi connectivity index (χ0n) is 9.21. The summed E-state index contributed by atoms with van der Waals surface area (Å²) in [5.41, 5.74) is 5.60. The van der Waals surface area contributed by atoms with Crippen LogP contribution in [0.1, 0.15) is 9.67 Å². The summed E-state index contributed by atoms with van der Waals surface area (Å²) < 4.78 is 25.8. The largest absolute Gasteiger partial charge is 0.365 e. The summed E-state index contributed by atoms with van der Waals surface area (Å²) >= 11 is 1.27. The van der Waals surface area contributed by atoms with Crippen molar-refractivity contribution in [3.63, 3.8) is 0 Å². The molecule has 18 heavy (non-hydrogen) atoms. The number of carbonyl (C=O) groups is 1. The van der Waals surface area contributed by atoms with E-state index in [1.54, 1.807) is 24.3 Å². The first-order chi connectivity index (χ1) is 8.41. The van der Waals surface area contributed by atoms with Crippen LogP contribution in [0.4, 0.5) is 5.69 Å². The van der Waals surface area contributed by atoms with Crippen LogP contribution in [-0.2, 0) is 10.0 Å². The van der Waals surface area contributed by atoms with Crippen LogP contribution in [0.25, 0.3) is 10.1 Å². The lowest BCUT2D eigenvalue weighted by Gasteiger charge is -2.03. The zero-order chi connectivity index (χ0) is 13.3. The van der Waals surface area contributed by atoms with Gasteiger partial charge in [0.15, 0.2) is 0 Å². The van der Waals surface area contributed by atoms with E-state index in [1.165, 1.54) is 11.3 Å². The van der Waals surface area contributed by atoms with E-state index >= 15 is 0 Å². The normalized spacial score (nSPS) is 11.3. The maximum Gasteiger partial charge on any atom is 0.258 e. The summed E-state index contributed by atoms with van der Waals surface area (Å²) in [4.78, 5) is 11.5. The number of benzene rings is 1. The Labute approximate surface area is 108 Å². The summed E-state index contributed by atoms with van der Waals surface area (Å²) in [5, 5.41) is 1.60. The number of hydrogen-bond donors (Lipinski definition) is 2. The Balaban J connectivity index is 2.44. The minimum Gasteiger partial charge on any atom is -0.365 e. The van der Waals surface area contributed by atoms with Gasteiger partial charge in [-0.1, -0.05) is 6.58 Å². The monoisotopic (exact) mass is 282 g/mol. The average Bonchev–Trinajstić information content (AvgIpc) is 2.71. The van der Waals surface area contributed by atoms with E-state index in [2.05, 4.69) is 11.3 Å². The van der Waals surface area contributed by atoms with Gasteiger partial charge in [-0.25, -0.2) is 8.42 Å². The maximum absolute atomic E-state index is 11.3. The average molecular weight is 282 g/mol. The lowest BCUT2D eigenvalue weighted by Crippen LogP contribution is -2.08. The molecule has 0 saturated carbocycles. The van der Waals surface area contributed by atoms with Crippen molar-refractivity contribution in [2.45, 2.75) is 0 Å². The molecule has 3 N–H and O–H groups in total. The number of primary amides is 1. The van der Waals surface area contributed by atoms with Crippen LogP contribution >= 0.6 is 11.3 Å². The van der Waals surface area contributed by atoms with Crippen LogP contribution in [0, 0.1) is 0 Å². The molecule has 0 spiro atoms. The van der Waals surface area contributed by atoms with Crippen molar-refractivity contribution in [3.8, 4) is 0 Å². The van der Waals surface area contributed by atoms with Crippen LogP contribution in [-0.4, -0.2) is 14.3 Å². The molecule has 0 saturated heterocycles. The molecule has 0 fully saturated rings. The van der Waals surface area contributed by atoms with Gasteiger partial charge in [-0.05, 0) is 29.7 Å². The fourth-order valence-corrected chi connectivity index (χ4v) is 2.87.